The molecule has 1 aromatic carbocycles. The first kappa shape index (κ1) is 11.0. The highest BCUT2D eigenvalue weighted by Gasteiger charge is 2.10. The van der Waals surface area contributed by atoms with Gasteiger partial charge in [0.2, 0.25) is 0 Å². The Labute approximate surface area is 88.0 Å². The number of hydroxylamine groups is 1. The zero-order chi connectivity index (χ0) is 10.6. The monoisotopic (exact) mass is 213 g/mol. The van der Waals surface area contributed by atoms with Gasteiger partial charge in [-0.2, -0.15) is 0 Å². The lowest BCUT2D eigenvalue weighted by molar-refractivity contribution is 0.0536. The Balaban J connectivity index is 3.03. The highest BCUT2D eigenvalue weighted by Crippen LogP contribution is 2.16. The van der Waals surface area contributed by atoms with E-state index in [2.05, 4.69) is 10.3 Å². The molecular formula is C10H12ClNO2. The van der Waals surface area contributed by atoms with Crippen LogP contribution < -0.4 is 5.48 Å². The Kier molecular flexibility index (Phi) is 3.92. The quantitative estimate of drug-likeness (QED) is 0.782. The van der Waals surface area contributed by atoms with E-state index in [9.17, 15) is 4.79 Å². The lowest BCUT2D eigenvalue weighted by atomic mass is 10.1. The minimum atomic E-state index is -0.271. The van der Waals surface area contributed by atoms with Crippen LogP contribution in [0.4, 0.5) is 0 Å². The van der Waals surface area contributed by atoms with Gasteiger partial charge >= 0.3 is 0 Å². The summed E-state index contributed by atoms with van der Waals surface area (Å²) in [5, 5.41) is 0.545. The number of rotatable bonds is 3. The van der Waals surface area contributed by atoms with E-state index in [1.165, 1.54) is 7.11 Å². The number of nitrogens with one attached hydrogen (secondary N) is 1. The van der Waals surface area contributed by atoms with Crippen LogP contribution in [0, 0.1) is 0 Å². The van der Waals surface area contributed by atoms with E-state index in [1.807, 2.05) is 13.0 Å². The number of benzene rings is 1. The van der Waals surface area contributed by atoms with Crippen molar-refractivity contribution in [2.45, 2.75) is 13.3 Å². The Morgan fingerprint density at radius 1 is 1.57 bits per heavy atom. The van der Waals surface area contributed by atoms with E-state index >= 15 is 0 Å². The summed E-state index contributed by atoms with van der Waals surface area (Å²) in [5.41, 5.74) is 3.77. The minimum Gasteiger partial charge on any atom is -0.277 e. The van der Waals surface area contributed by atoms with E-state index < -0.39 is 0 Å². The number of carbonyl (C=O) groups excluding carboxylic acids is 1. The molecule has 1 rings (SSSR count). The maximum atomic E-state index is 11.5. The summed E-state index contributed by atoms with van der Waals surface area (Å²) in [6.07, 6.45) is 0.781. The fourth-order valence-electron chi connectivity index (χ4n) is 1.22. The topological polar surface area (TPSA) is 38.3 Å². The molecule has 3 nitrogen and oxygen atoms in total. The molecule has 0 aliphatic carbocycles. The molecule has 0 spiro atoms. The summed E-state index contributed by atoms with van der Waals surface area (Å²) in [4.78, 5) is 16.0. The summed E-state index contributed by atoms with van der Waals surface area (Å²) in [6.45, 7) is 1.98. The molecule has 1 aromatic rings. The predicted molar refractivity (Wildman–Crippen MR) is 55.3 cm³/mol. The molecule has 0 radical (unpaired) electrons. The van der Waals surface area contributed by atoms with Crippen molar-refractivity contribution in [2.75, 3.05) is 7.11 Å². The number of carbonyl (C=O) groups is 1. The maximum absolute atomic E-state index is 11.5. The van der Waals surface area contributed by atoms with Gasteiger partial charge < -0.3 is 0 Å². The summed E-state index contributed by atoms with van der Waals surface area (Å²) >= 11 is 5.80. The van der Waals surface area contributed by atoms with Gasteiger partial charge in [0.25, 0.3) is 5.91 Å². The second-order valence-electron chi connectivity index (χ2n) is 2.79. The van der Waals surface area contributed by atoms with Crippen molar-refractivity contribution in [1.29, 1.82) is 0 Å². The number of hydrogen-bond acceptors (Lipinski definition) is 2. The van der Waals surface area contributed by atoms with E-state index in [4.69, 9.17) is 11.6 Å². The summed E-state index contributed by atoms with van der Waals surface area (Å²) < 4.78 is 0. The van der Waals surface area contributed by atoms with Crippen molar-refractivity contribution in [2.24, 2.45) is 0 Å². The molecule has 1 N–H and O–H groups in total. The lowest BCUT2D eigenvalue weighted by Gasteiger charge is -2.07. The molecule has 0 bridgehead atoms. The van der Waals surface area contributed by atoms with Gasteiger partial charge in [-0.1, -0.05) is 24.6 Å². The molecule has 0 saturated carbocycles. The largest absolute Gasteiger partial charge is 0.277 e. The van der Waals surface area contributed by atoms with Gasteiger partial charge in [0.15, 0.2) is 0 Å². The predicted octanol–water partition coefficient (Wildman–Crippen LogP) is 2.19. The van der Waals surface area contributed by atoms with Gasteiger partial charge in [-0.05, 0) is 24.1 Å². The number of amides is 1. The Morgan fingerprint density at radius 2 is 2.29 bits per heavy atom. The fraction of sp³-hybridized carbons (Fsp3) is 0.300. The minimum absolute atomic E-state index is 0.271. The molecule has 0 heterocycles. The molecule has 14 heavy (non-hydrogen) atoms. The first-order chi connectivity index (χ1) is 6.69. The highest BCUT2D eigenvalue weighted by atomic mass is 35.5. The van der Waals surface area contributed by atoms with Crippen molar-refractivity contribution >= 4 is 17.5 Å². The van der Waals surface area contributed by atoms with Gasteiger partial charge in [-0.25, -0.2) is 5.48 Å². The Hall–Kier alpha value is -1.06. The molecule has 0 aliphatic rings. The average Bonchev–Trinajstić information content (AvgIpc) is 2.18. The smallest absolute Gasteiger partial charge is 0.275 e. The molecule has 0 aliphatic heterocycles. The third-order valence-corrected chi connectivity index (χ3v) is 2.13. The van der Waals surface area contributed by atoms with Gasteiger partial charge in [-0.3, -0.25) is 9.63 Å². The zero-order valence-corrected chi connectivity index (χ0v) is 8.89. The standard InChI is InChI=1S/C10H12ClNO2/c1-3-7-4-5-8(11)6-9(7)10(13)12-14-2/h4-6H,3H2,1-2H3,(H,12,13). The van der Waals surface area contributed by atoms with Crippen LogP contribution >= 0.6 is 11.6 Å². The van der Waals surface area contributed by atoms with Crippen LogP contribution in [0.5, 0.6) is 0 Å². The highest BCUT2D eigenvalue weighted by molar-refractivity contribution is 6.31. The van der Waals surface area contributed by atoms with Crippen molar-refractivity contribution in [3.63, 3.8) is 0 Å². The SMILES string of the molecule is CCc1ccc(Cl)cc1C(=O)NOC. The molecule has 0 aromatic heterocycles. The average molecular weight is 214 g/mol. The first-order valence-corrected chi connectivity index (χ1v) is 4.68. The van der Waals surface area contributed by atoms with Gasteiger partial charge in [0.05, 0.1) is 7.11 Å². The summed E-state index contributed by atoms with van der Waals surface area (Å²) in [5.74, 6) is -0.271. The lowest BCUT2D eigenvalue weighted by Crippen LogP contribution is -2.23. The van der Waals surface area contributed by atoms with E-state index in [0.29, 0.717) is 10.6 Å². The van der Waals surface area contributed by atoms with Crippen molar-refractivity contribution in [1.82, 2.24) is 5.48 Å². The third-order valence-electron chi connectivity index (χ3n) is 1.89. The molecule has 76 valence electrons. The molecular weight excluding hydrogens is 202 g/mol. The maximum Gasteiger partial charge on any atom is 0.275 e. The molecule has 1 amide bonds. The van der Waals surface area contributed by atoms with Crippen LogP contribution in [0.3, 0.4) is 0 Å². The molecule has 0 atom stereocenters. The Morgan fingerprint density at radius 3 is 2.86 bits per heavy atom. The van der Waals surface area contributed by atoms with Crippen molar-refractivity contribution in [3.8, 4) is 0 Å². The van der Waals surface area contributed by atoms with Crippen molar-refractivity contribution < 1.29 is 9.63 Å². The number of halogens is 1. The summed E-state index contributed by atoms with van der Waals surface area (Å²) in [6, 6.07) is 5.24. The summed E-state index contributed by atoms with van der Waals surface area (Å²) in [7, 11) is 1.40. The van der Waals surface area contributed by atoms with Crippen LogP contribution in [0.25, 0.3) is 0 Å². The molecule has 0 fully saturated rings. The van der Waals surface area contributed by atoms with E-state index in [-0.39, 0.29) is 5.91 Å². The zero-order valence-electron chi connectivity index (χ0n) is 8.13. The second-order valence-corrected chi connectivity index (χ2v) is 3.23. The van der Waals surface area contributed by atoms with E-state index in [1.54, 1.807) is 12.1 Å². The van der Waals surface area contributed by atoms with Gasteiger partial charge in [-0.15, -0.1) is 0 Å². The fourth-order valence-corrected chi connectivity index (χ4v) is 1.39. The van der Waals surface area contributed by atoms with Crippen molar-refractivity contribution in [3.05, 3.63) is 34.3 Å². The van der Waals surface area contributed by atoms with Crippen LogP contribution in [0.2, 0.25) is 5.02 Å². The molecule has 0 unspecified atom stereocenters. The van der Waals surface area contributed by atoms with Crippen LogP contribution in [-0.2, 0) is 11.3 Å². The Bertz CT molecular complexity index is 339. The number of aryl methyl sites for hydroxylation is 1. The van der Waals surface area contributed by atoms with Gasteiger partial charge in [0, 0.05) is 10.6 Å². The van der Waals surface area contributed by atoms with Crippen LogP contribution in [-0.4, -0.2) is 13.0 Å². The normalized spacial score (nSPS) is 9.93. The second kappa shape index (κ2) is 4.98. The van der Waals surface area contributed by atoms with Crippen LogP contribution in [0.15, 0.2) is 18.2 Å². The molecule has 4 heteroatoms. The van der Waals surface area contributed by atoms with Crippen LogP contribution in [0.1, 0.15) is 22.8 Å². The first-order valence-electron chi connectivity index (χ1n) is 4.30. The third kappa shape index (κ3) is 2.47. The van der Waals surface area contributed by atoms with Gasteiger partial charge in [0.1, 0.15) is 0 Å². The molecule has 0 saturated heterocycles. The number of hydrogen-bond donors (Lipinski definition) is 1. The van der Waals surface area contributed by atoms with E-state index in [0.717, 1.165) is 12.0 Å².